The second-order valence-electron chi connectivity index (χ2n) is 5.60. The van der Waals surface area contributed by atoms with Gasteiger partial charge in [-0.3, -0.25) is 0 Å². The highest BCUT2D eigenvalue weighted by Gasteiger charge is 2.12. The van der Waals surface area contributed by atoms with Crippen LogP contribution in [0.4, 0.5) is 0 Å². The van der Waals surface area contributed by atoms with Gasteiger partial charge in [-0.1, -0.05) is 32.0 Å². The van der Waals surface area contributed by atoms with Crippen molar-refractivity contribution in [1.29, 1.82) is 0 Å². The third kappa shape index (κ3) is 3.74. The first-order valence-corrected chi connectivity index (χ1v) is 7.35. The molecule has 2 aromatic rings. The summed E-state index contributed by atoms with van der Waals surface area (Å²) in [6, 6.07) is 8.48. The third-order valence-electron chi connectivity index (χ3n) is 3.45. The van der Waals surface area contributed by atoms with Crippen LogP contribution >= 0.6 is 11.6 Å². The van der Waals surface area contributed by atoms with Crippen LogP contribution < -0.4 is 5.32 Å². The van der Waals surface area contributed by atoms with Gasteiger partial charge in [0.05, 0.1) is 0 Å². The Morgan fingerprint density at radius 1 is 1.16 bits per heavy atom. The van der Waals surface area contributed by atoms with Crippen LogP contribution in [0.3, 0.4) is 0 Å². The summed E-state index contributed by atoms with van der Waals surface area (Å²) in [5.41, 5.74) is 1.92. The van der Waals surface area contributed by atoms with Crippen molar-refractivity contribution in [3.8, 4) is 0 Å². The van der Waals surface area contributed by atoms with E-state index in [1.807, 2.05) is 18.2 Å². The molecule has 19 heavy (non-hydrogen) atoms. The lowest BCUT2D eigenvalue weighted by molar-refractivity contribution is 0.450. The Hall–Kier alpha value is -0.990. The van der Waals surface area contributed by atoms with E-state index in [1.54, 1.807) is 0 Å². The van der Waals surface area contributed by atoms with Crippen LogP contribution in [0.2, 0.25) is 5.22 Å². The van der Waals surface area contributed by atoms with Gasteiger partial charge < -0.3 is 9.73 Å². The topological polar surface area (TPSA) is 25.2 Å². The summed E-state index contributed by atoms with van der Waals surface area (Å²) in [6.07, 6.45) is 2.43. The lowest BCUT2D eigenvalue weighted by atomic mass is 10.0. The highest BCUT2D eigenvalue weighted by Crippen LogP contribution is 2.29. The summed E-state index contributed by atoms with van der Waals surface area (Å²) in [4.78, 5) is 0. The Morgan fingerprint density at radius 2 is 1.89 bits per heavy atom. The smallest absolute Gasteiger partial charge is 0.199 e. The number of furan rings is 1. The molecule has 0 aliphatic carbocycles. The number of benzene rings is 1. The quantitative estimate of drug-likeness (QED) is 0.805. The lowest BCUT2D eigenvalue weighted by Gasteiger charge is -2.14. The fraction of sp³-hybridized carbons (Fsp3) is 0.500. The molecular formula is C16H22ClNO. The van der Waals surface area contributed by atoms with E-state index in [0.717, 1.165) is 29.0 Å². The van der Waals surface area contributed by atoms with E-state index in [9.17, 15) is 0 Å². The van der Waals surface area contributed by atoms with Crippen LogP contribution in [0.15, 0.2) is 28.7 Å². The van der Waals surface area contributed by atoms with E-state index < -0.39 is 0 Å². The van der Waals surface area contributed by atoms with Crippen LogP contribution in [0.5, 0.6) is 0 Å². The number of hydrogen-bond acceptors (Lipinski definition) is 2. The van der Waals surface area contributed by atoms with Gasteiger partial charge in [-0.05, 0) is 43.4 Å². The van der Waals surface area contributed by atoms with Gasteiger partial charge in [-0.2, -0.15) is 0 Å². The maximum Gasteiger partial charge on any atom is 0.199 e. The van der Waals surface area contributed by atoms with E-state index in [4.69, 9.17) is 16.0 Å². The van der Waals surface area contributed by atoms with Crippen molar-refractivity contribution in [1.82, 2.24) is 5.32 Å². The minimum absolute atomic E-state index is 0.493. The number of para-hydroxylation sites is 1. The molecule has 1 aromatic carbocycles. The normalized spacial score (nSPS) is 13.3. The average molecular weight is 280 g/mol. The molecular weight excluding hydrogens is 258 g/mol. The Bertz CT molecular complexity index is 533. The first-order chi connectivity index (χ1) is 9.08. The Morgan fingerprint density at radius 3 is 2.63 bits per heavy atom. The molecule has 2 rings (SSSR count). The Kier molecular flexibility index (Phi) is 4.89. The summed E-state index contributed by atoms with van der Waals surface area (Å²) in [5, 5.41) is 5.14. The van der Waals surface area contributed by atoms with Crippen LogP contribution in [0.1, 0.15) is 39.2 Å². The molecule has 1 aromatic heterocycles. The summed E-state index contributed by atoms with van der Waals surface area (Å²) in [5.74, 6) is 0.752. The molecule has 3 heteroatoms. The van der Waals surface area contributed by atoms with Crippen molar-refractivity contribution >= 4 is 22.6 Å². The summed E-state index contributed by atoms with van der Waals surface area (Å²) in [7, 11) is 0. The van der Waals surface area contributed by atoms with Gasteiger partial charge in [-0.15, -0.1) is 0 Å². The number of halogens is 1. The summed E-state index contributed by atoms with van der Waals surface area (Å²) < 4.78 is 5.55. The fourth-order valence-electron chi connectivity index (χ4n) is 2.20. The minimum atomic E-state index is 0.493. The number of fused-ring (bicyclic) bond motifs is 1. The molecule has 1 N–H and O–H groups in total. The van der Waals surface area contributed by atoms with Crippen molar-refractivity contribution in [2.45, 2.75) is 46.2 Å². The predicted octanol–water partition coefficient (Wildman–Crippen LogP) is 5.00. The van der Waals surface area contributed by atoms with Gasteiger partial charge in [0.15, 0.2) is 5.22 Å². The molecule has 0 radical (unpaired) electrons. The number of nitrogens with one attached hydrogen (secondary N) is 1. The number of rotatable bonds is 6. The van der Waals surface area contributed by atoms with Crippen molar-refractivity contribution in [3.63, 3.8) is 0 Å². The third-order valence-corrected chi connectivity index (χ3v) is 3.76. The molecule has 1 heterocycles. The van der Waals surface area contributed by atoms with Crippen LogP contribution in [0, 0.1) is 5.92 Å². The molecule has 0 fully saturated rings. The second kappa shape index (κ2) is 6.44. The summed E-state index contributed by atoms with van der Waals surface area (Å²) in [6.45, 7) is 7.49. The van der Waals surface area contributed by atoms with Crippen LogP contribution in [0.25, 0.3) is 11.0 Å². The van der Waals surface area contributed by atoms with Crippen molar-refractivity contribution in [3.05, 3.63) is 35.0 Å². The Balaban J connectivity index is 1.99. The molecule has 0 saturated carbocycles. The average Bonchev–Trinajstić information content (AvgIpc) is 2.69. The zero-order valence-corrected chi connectivity index (χ0v) is 12.6. The molecule has 1 atom stereocenters. The van der Waals surface area contributed by atoms with E-state index in [2.05, 4.69) is 32.2 Å². The second-order valence-corrected chi connectivity index (χ2v) is 5.95. The molecule has 1 unspecified atom stereocenters. The van der Waals surface area contributed by atoms with Gasteiger partial charge >= 0.3 is 0 Å². The SMILES string of the molecule is CC(C)CCC(C)NCc1c(Cl)oc2ccccc12. The molecule has 0 aliphatic rings. The standard InChI is InChI=1S/C16H22ClNO/c1-11(2)8-9-12(3)18-10-14-13-6-4-5-7-15(13)19-16(14)17/h4-7,11-12,18H,8-10H2,1-3H3. The maximum atomic E-state index is 6.17. The van der Waals surface area contributed by atoms with E-state index >= 15 is 0 Å². The fourth-order valence-corrected chi connectivity index (χ4v) is 2.45. The van der Waals surface area contributed by atoms with Crippen molar-refractivity contribution in [2.24, 2.45) is 5.92 Å². The maximum absolute atomic E-state index is 6.17. The molecule has 104 valence electrons. The molecule has 2 nitrogen and oxygen atoms in total. The zero-order chi connectivity index (χ0) is 13.8. The Labute approximate surface area is 120 Å². The lowest BCUT2D eigenvalue weighted by Crippen LogP contribution is -2.25. The van der Waals surface area contributed by atoms with Gasteiger partial charge in [0.25, 0.3) is 0 Å². The zero-order valence-electron chi connectivity index (χ0n) is 11.9. The van der Waals surface area contributed by atoms with E-state index in [1.165, 1.54) is 12.8 Å². The predicted molar refractivity (Wildman–Crippen MR) is 81.6 cm³/mol. The molecule has 0 aliphatic heterocycles. The molecule has 0 saturated heterocycles. The first kappa shape index (κ1) is 14.4. The minimum Gasteiger partial charge on any atom is -0.444 e. The first-order valence-electron chi connectivity index (χ1n) is 6.97. The van der Waals surface area contributed by atoms with Crippen molar-refractivity contribution in [2.75, 3.05) is 0 Å². The largest absolute Gasteiger partial charge is 0.444 e. The van der Waals surface area contributed by atoms with Gasteiger partial charge in [0, 0.05) is 23.5 Å². The highest BCUT2D eigenvalue weighted by molar-refractivity contribution is 6.30. The highest BCUT2D eigenvalue weighted by atomic mass is 35.5. The monoisotopic (exact) mass is 279 g/mol. The summed E-state index contributed by atoms with van der Waals surface area (Å²) >= 11 is 6.17. The van der Waals surface area contributed by atoms with Crippen LogP contribution in [-0.4, -0.2) is 6.04 Å². The van der Waals surface area contributed by atoms with Gasteiger partial charge in [0.2, 0.25) is 0 Å². The molecule has 0 spiro atoms. The van der Waals surface area contributed by atoms with Gasteiger partial charge in [-0.25, -0.2) is 0 Å². The molecule has 0 amide bonds. The van der Waals surface area contributed by atoms with E-state index in [-0.39, 0.29) is 0 Å². The van der Waals surface area contributed by atoms with Gasteiger partial charge in [0.1, 0.15) is 5.58 Å². The van der Waals surface area contributed by atoms with Crippen molar-refractivity contribution < 1.29 is 4.42 Å². The van der Waals surface area contributed by atoms with E-state index in [0.29, 0.717) is 11.3 Å². The molecule has 0 bridgehead atoms. The number of hydrogen-bond donors (Lipinski definition) is 1. The van der Waals surface area contributed by atoms with Crippen LogP contribution in [-0.2, 0) is 6.54 Å².